The number of rotatable bonds is 2. The van der Waals surface area contributed by atoms with E-state index in [0.29, 0.717) is 0 Å². The summed E-state index contributed by atoms with van der Waals surface area (Å²) in [5.74, 6) is 0. The summed E-state index contributed by atoms with van der Waals surface area (Å²) in [7, 11) is 0. The summed E-state index contributed by atoms with van der Waals surface area (Å²) in [6.45, 7) is 1.95. The van der Waals surface area contributed by atoms with Gasteiger partial charge < -0.3 is 5.73 Å². The lowest BCUT2D eigenvalue weighted by Gasteiger charge is -1.98. The second-order valence-electron chi connectivity index (χ2n) is 3.37. The minimum absolute atomic E-state index is 0.0131. The smallest absolute Gasteiger partial charge is 0.110 e. The molecule has 0 fully saturated rings. The standard InChI is InChI=1S/C11H11BrN2S/c1-7(13)11-14-10(6-15-11)8-2-4-9(12)5-3-8/h2-7H,13H2,1H3/t7-/m0/s1. The van der Waals surface area contributed by atoms with Gasteiger partial charge in [-0.15, -0.1) is 11.3 Å². The van der Waals surface area contributed by atoms with E-state index in [1.807, 2.05) is 36.6 Å². The molecule has 0 aliphatic heterocycles. The monoisotopic (exact) mass is 282 g/mol. The van der Waals surface area contributed by atoms with Crippen molar-refractivity contribution in [2.45, 2.75) is 13.0 Å². The summed E-state index contributed by atoms with van der Waals surface area (Å²) in [4.78, 5) is 4.49. The van der Waals surface area contributed by atoms with Crippen molar-refractivity contribution in [2.24, 2.45) is 5.73 Å². The molecule has 0 unspecified atom stereocenters. The van der Waals surface area contributed by atoms with Gasteiger partial charge in [-0.1, -0.05) is 28.1 Å². The Labute approximate surface area is 101 Å². The highest BCUT2D eigenvalue weighted by Gasteiger charge is 2.07. The van der Waals surface area contributed by atoms with E-state index in [4.69, 9.17) is 5.73 Å². The zero-order chi connectivity index (χ0) is 10.8. The van der Waals surface area contributed by atoms with Crippen LogP contribution < -0.4 is 5.73 Å². The highest BCUT2D eigenvalue weighted by Crippen LogP contribution is 2.25. The Morgan fingerprint density at radius 3 is 2.53 bits per heavy atom. The average Bonchev–Trinajstić information content (AvgIpc) is 2.68. The van der Waals surface area contributed by atoms with E-state index in [2.05, 4.69) is 20.9 Å². The molecule has 78 valence electrons. The molecular formula is C11H11BrN2S. The highest BCUT2D eigenvalue weighted by molar-refractivity contribution is 9.10. The molecule has 0 aliphatic carbocycles. The summed E-state index contributed by atoms with van der Waals surface area (Å²) in [5, 5.41) is 3.02. The molecule has 1 heterocycles. The molecule has 0 radical (unpaired) electrons. The van der Waals surface area contributed by atoms with Gasteiger partial charge in [0.05, 0.1) is 11.7 Å². The van der Waals surface area contributed by atoms with Crippen LogP contribution in [0.2, 0.25) is 0 Å². The summed E-state index contributed by atoms with van der Waals surface area (Å²) in [6, 6.07) is 8.13. The molecule has 0 amide bonds. The van der Waals surface area contributed by atoms with Crippen LogP contribution in [0.4, 0.5) is 0 Å². The quantitative estimate of drug-likeness (QED) is 0.914. The van der Waals surface area contributed by atoms with Crippen molar-refractivity contribution in [1.29, 1.82) is 0 Å². The molecule has 2 aromatic rings. The maximum absolute atomic E-state index is 5.77. The van der Waals surface area contributed by atoms with E-state index in [9.17, 15) is 0 Å². The zero-order valence-electron chi connectivity index (χ0n) is 8.27. The summed E-state index contributed by atoms with van der Waals surface area (Å²) in [6.07, 6.45) is 0. The molecule has 2 N–H and O–H groups in total. The topological polar surface area (TPSA) is 38.9 Å². The number of hydrogen-bond acceptors (Lipinski definition) is 3. The van der Waals surface area contributed by atoms with E-state index in [1.54, 1.807) is 11.3 Å². The zero-order valence-corrected chi connectivity index (χ0v) is 10.7. The first-order valence-corrected chi connectivity index (χ1v) is 6.31. The second kappa shape index (κ2) is 4.43. The van der Waals surface area contributed by atoms with Gasteiger partial charge in [0.15, 0.2) is 0 Å². The van der Waals surface area contributed by atoms with Crippen LogP contribution in [0.25, 0.3) is 11.3 Å². The molecular weight excluding hydrogens is 272 g/mol. The normalized spacial score (nSPS) is 12.7. The fourth-order valence-corrected chi connectivity index (χ4v) is 2.30. The summed E-state index contributed by atoms with van der Waals surface area (Å²) >= 11 is 5.02. The van der Waals surface area contributed by atoms with Gasteiger partial charge in [0.1, 0.15) is 5.01 Å². The first-order valence-electron chi connectivity index (χ1n) is 4.64. The third kappa shape index (κ3) is 2.45. The Hall–Kier alpha value is -0.710. The SMILES string of the molecule is C[C@H](N)c1nc(-c2ccc(Br)cc2)cs1. The van der Waals surface area contributed by atoms with Crippen molar-refractivity contribution in [1.82, 2.24) is 4.98 Å². The first-order chi connectivity index (χ1) is 7.16. The van der Waals surface area contributed by atoms with Gasteiger partial charge in [0, 0.05) is 15.4 Å². The number of aromatic nitrogens is 1. The van der Waals surface area contributed by atoms with Gasteiger partial charge in [-0.05, 0) is 19.1 Å². The predicted octanol–water partition coefficient (Wildman–Crippen LogP) is 3.59. The largest absolute Gasteiger partial charge is 0.322 e. The van der Waals surface area contributed by atoms with Crippen molar-refractivity contribution in [3.05, 3.63) is 39.1 Å². The van der Waals surface area contributed by atoms with Crippen molar-refractivity contribution < 1.29 is 0 Å². The van der Waals surface area contributed by atoms with Gasteiger partial charge in [0.2, 0.25) is 0 Å². The Balaban J connectivity index is 2.33. The molecule has 1 atom stereocenters. The third-order valence-electron chi connectivity index (χ3n) is 2.05. The fraction of sp³-hybridized carbons (Fsp3) is 0.182. The maximum Gasteiger partial charge on any atom is 0.110 e. The van der Waals surface area contributed by atoms with Crippen molar-refractivity contribution in [3.8, 4) is 11.3 Å². The van der Waals surface area contributed by atoms with E-state index in [0.717, 1.165) is 20.7 Å². The predicted molar refractivity (Wildman–Crippen MR) is 67.9 cm³/mol. The molecule has 4 heteroatoms. The fourth-order valence-electron chi connectivity index (χ4n) is 1.25. The highest BCUT2D eigenvalue weighted by atomic mass is 79.9. The third-order valence-corrected chi connectivity index (χ3v) is 3.63. The number of hydrogen-bond donors (Lipinski definition) is 1. The van der Waals surface area contributed by atoms with Gasteiger partial charge in [-0.2, -0.15) is 0 Å². The molecule has 15 heavy (non-hydrogen) atoms. The Morgan fingerprint density at radius 1 is 1.33 bits per heavy atom. The molecule has 2 rings (SSSR count). The van der Waals surface area contributed by atoms with Crippen LogP contribution in [0.1, 0.15) is 18.0 Å². The van der Waals surface area contributed by atoms with Crippen molar-refractivity contribution in [3.63, 3.8) is 0 Å². The van der Waals surface area contributed by atoms with Crippen LogP contribution in [-0.2, 0) is 0 Å². The molecule has 0 saturated carbocycles. The van der Waals surface area contributed by atoms with Gasteiger partial charge >= 0.3 is 0 Å². The molecule has 1 aromatic heterocycles. The molecule has 1 aromatic carbocycles. The minimum Gasteiger partial charge on any atom is -0.322 e. The number of benzene rings is 1. The van der Waals surface area contributed by atoms with Crippen LogP contribution in [0.3, 0.4) is 0 Å². The van der Waals surface area contributed by atoms with E-state index in [1.165, 1.54) is 0 Å². The molecule has 0 bridgehead atoms. The summed E-state index contributed by atoms with van der Waals surface area (Å²) < 4.78 is 1.08. The lowest BCUT2D eigenvalue weighted by molar-refractivity contribution is 0.808. The van der Waals surface area contributed by atoms with Crippen LogP contribution >= 0.6 is 27.3 Å². The molecule has 0 aliphatic rings. The molecule has 2 nitrogen and oxygen atoms in total. The Bertz CT molecular complexity index is 448. The van der Waals surface area contributed by atoms with E-state index in [-0.39, 0.29) is 6.04 Å². The van der Waals surface area contributed by atoms with Crippen molar-refractivity contribution in [2.75, 3.05) is 0 Å². The maximum atomic E-state index is 5.77. The van der Waals surface area contributed by atoms with Crippen LogP contribution in [-0.4, -0.2) is 4.98 Å². The van der Waals surface area contributed by atoms with E-state index >= 15 is 0 Å². The number of halogens is 1. The van der Waals surface area contributed by atoms with Crippen LogP contribution in [0, 0.1) is 0 Å². The number of nitrogens with two attached hydrogens (primary N) is 1. The number of thiazole rings is 1. The van der Waals surface area contributed by atoms with Crippen molar-refractivity contribution >= 4 is 27.3 Å². The second-order valence-corrected chi connectivity index (χ2v) is 5.17. The Kier molecular flexibility index (Phi) is 3.19. The van der Waals surface area contributed by atoms with Crippen LogP contribution in [0.5, 0.6) is 0 Å². The van der Waals surface area contributed by atoms with Gasteiger partial charge in [0.25, 0.3) is 0 Å². The molecule has 0 spiro atoms. The van der Waals surface area contributed by atoms with Crippen LogP contribution in [0.15, 0.2) is 34.1 Å². The van der Waals surface area contributed by atoms with Gasteiger partial charge in [-0.3, -0.25) is 0 Å². The number of nitrogens with zero attached hydrogens (tertiary/aromatic N) is 1. The minimum atomic E-state index is 0.0131. The first kappa shape index (κ1) is 10.8. The lowest BCUT2D eigenvalue weighted by atomic mass is 10.2. The molecule has 0 saturated heterocycles. The average molecular weight is 283 g/mol. The lowest BCUT2D eigenvalue weighted by Crippen LogP contribution is -2.03. The van der Waals surface area contributed by atoms with Gasteiger partial charge in [-0.25, -0.2) is 4.98 Å². The summed E-state index contributed by atoms with van der Waals surface area (Å²) in [5.41, 5.74) is 7.90. The Morgan fingerprint density at radius 2 is 2.00 bits per heavy atom. The van der Waals surface area contributed by atoms with E-state index < -0.39 is 0 Å².